The summed E-state index contributed by atoms with van der Waals surface area (Å²) in [4.78, 5) is 4.74. The Hall–Kier alpha value is -8.46. The molecule has 300 valence electrons. The van der Waals surface area contributed by atoms with Gasteiger partial charge in [0.05, 0.1) is 0 Å². The summed E-state index contributed by atoms with van der Waals surface area (Å²) in [5, 5.41) is 12.2. The van der Waals surface area contributed by atoms with Crippen LogP contribution in [-0.4, -0.2) is 0 Å². The van der Waals surface area contributed by atoms with Gasteiger partial charge in [0.1, 0.15) is 0 Å². The highest BCUT2D eigenvalue weighted by Crippen LogP contribution is 2.49. The summed E-state index contributed by atoms with van der Waals surface area (Å²) >= 11 is 0. The molecule has 0 aliphatic heterocycles. The summed E-state index contributed by atoms with van der Waals surface area (Å²) < 4.78 is 0. The van der Waals surface area contributed by atoms with Crippen LogP contribution in [0.5, 0.6) is 0 Å². The molecule has 2 heteroatoms. The lowest BCUT2D eigenvalue weighted by atomic mass is 9.84. The predicted octanol–water partition coefficient (Wildman–Crippen LogP) is 17.7. The molecule has 0 unspecified atom stereocenters. The molecule has 12 rings (SSSR count). The lowest BCUT2D eigenvalue weighted by Gasteiger charge is -2.28. The van der Waals surface area contributed by atoms with Crippen molar-refractivity contribution >= 4 is 88.0 Å². The fraction of sp³-hybridized carbons (Fsp3) is 0. The van der Waals surface area contributed by atoms with E-state index in [-0.39, 0.29) is 0 Å². The molecule has 12 aromatic carbocycles. The number of benzene rings is 12. The summed E-state index contributed by atoms with van der Waals surface area (Å²) in [6, 6.07) is 93.0. The monoisotopic (exact) mass is 814 g/mol. The Morgan fingerprint density at radius 3 is 1.06 bits per heavy atom. The third-order valence-electron chi connectivity index (χ3n) is 12.7. The minimum atomic E-state index is 1.10. The molecular formula is C62H42N2. The van der Waals surface area contributed by atoms with Gasteiger partial charge in [-0.3, -0.25) is 0 Å². The Morgan fingerprint density at radius 2 is 0.547 bits per heavy atom. The number of para-hydroxylation sites is 4. The van der Waals surface area contributed by atoms with E-state index in [0.29, 0.717) is 0 Å². The van der Waals surface area contributed by atoms with Gasteiger partial charge >= 0.3 is 0 Å². The lowest BCUT2D eigenvalue weighted by molar-refractivity contribution is 1.29. The molecule has 0 aromatic heterocycles. The summed E-state index contributed by atoms with van der Waals surface area (Å²) in [5.74, 6) is 0. The standard InChI is InChI=1S/C62H42N2/c1-5-20-49(21-6-1)63(50-22-7-2-8-23-50)53-35-38-58-59(41-53)61(47-32-29-43-17-13-14-19-45(43)39-47)57-37-34-54(64(51-24-9-3-10-25-51)52-26-11-4-12-27-52)42-60(57)62(58)48-33-36-56-46(40-48)31-30-44-18-15-16-28-55(44)56/h1-42H. The van der Waals surface area contributed by atoms with E-state index in [2.05, 4.69) is 265 Å². The van der Waals surface area contributed by atoms with E-state index < -0.39 is 0 Å². The van der Waals surface area contributed by atoms with E-state index in [9.17, 15) is 0 Å². The third kappa shape index (κ3) is 6.52. The molecule has 0 N–H and O–H groups in total. The maximum atomic E-state index is 2.42. The molecule has 0 aliphatic rings. The van der Waals surface area contributed by atoms with Crippen molar-refractivity contribution < 1.29 is 0 Å². The van der Waals surface area contributed by atoms with Crippen molar-refractivity contribution in [2.75, 3.05) is 9.80 Å². The molecule has 0 bridgehead atoms. The van der Waals surface area contributed by atoms with Crippen LogP contribution in [0.2, 0.25) is 0 Å². The van der Waals surface area contributed by atoms with Crippen LogP contribution in [-0.2, 0) is 0 Å². The lowest BCUT2D eigenvalue weighted by Crippen LogP contribution is -2.10. The SMILES string of the molecule is c1ccc(N(c2ccccc2)c2ccc3c(-c4ccc5c(ccc6ccccc65)c4)c4cc(N(c5ccccc5)c5ccccc5)ccc4c(-c4ccc5ccccc5c4)c3c2)cc1. The molecule has 12 aromatic rings. The Balaban J connectivity index is 1.21. The maximum Gasteiger partial charge on any atom is 0.0468 e. The molecule has 2 nitrogen and oxygen atoms in total. The minimum absolute atomic E-state index is 1.10. The Kier molecular flexibility index (Phi) is 9.20. The average Bonchev–Trinajstić information content (AvgIpc) is 3.37. The molecule has 0 fully saturated rings. The van der Waals surface area contributed by atoms with E-state index in [1.807, 2.05) is 0 Å². The number of fused-ring (bicyclic) bond motifs is 6. The number of rotatable bonds is 8. The van der Waals surface area contributed by atoms with Crippen LogP contribution in [0.1, 0.15) is 0 Å². The first-order valence-electron chi connectivity index (χ1n) is 22.0. The van der Waals surface area contributed by atoms with E-state index in [1.54, 1.807) is 0 Å². The normalized spacial score (nSPS) is 11.4. The van der Waals surface area contributed by atoms with Crippen molar-refractivity contribution in [1.82, 2.24) is 0 Å². The van der Waals surface area contributed by atoms with Gasteiger partial charge in [0.25, 0.3) is 0 Å². The van der Waals surface area contributed by atoms with Crippen molar-refractivity contribution in [3.8, 4) is 22.3 Å². The molecule has 0 saturated heterocycles. The van der Waals surface area contributed by atoms with Crippen molar-refractivity contribution in [2.24, 2.45) is 0 Å². The topological polar surface area (TPSA) is 6.48 Å². The zero-order valence-electron chi connectivity index (χ0n) is 35.1. The number of anilines is 6. The minimum Gasteiger partial charge on any atom is -0.310 e. The van der Waals surface area contributed by atoms with Crippen LogP contribution in [0.3, 0.4) is 0 Å². The largest absolute Gasteiger partial charge is 0.310 e. The first-order valence-corrected chi connectivity index (χ1v) is 22.0. The van der Waals surface area contributed by atoms with E-state index in [0.717, 1.165) is 34.1 Å². The highest BCUT2D eigenvalue weighted by molar-refractivity contribution is 6.23. The highest BCUT2D eigenvalue weighted by atomic mass is 15.1. The average molecular weight is 815 g/mol. The van der Waals surface area contributed by atoms with Gasteiger partial charge in [-0.2, -0.15) is 0 Å². The van der Waals surface area contributed by atoms with Crippen molar-refractivity contribution in [1.29, 1.82) is 0 Å². The summed E-state index contributed by atoms with van der Waals surface area (Å²) in [7, 11) is 0. The Bertz CT molecular complexity index is 3580. The van der Waals surface area contributed by atoms with Crippen LogP contribution in [0.4, 0.5) is 34.1 Å². The van der Waals surface area contributed by atoms with Crippen molar-refractivity contribution in [3.05, 3.63) is 255 Å². The van der Waals surface area contributed by atoms with Gasteiger partial charge in [0.2, 0.25) is 0 Å². The van der Waals surface area contributed by atoms with Crippen molar-refractivity contribution in [2.45, 2.75) is 0 Å². The van der Waals surface area contributed by atoms with Gasteiger partial charge < -0.3 is 9.80 Å². The fourth-order valence-electron chi connectivity index (χ4n) is 9.82. The predicted molar refractivity (Wildman–Crippen MR) is 274 cm³/mol. The van der Waals surface area contributed by atoms with Crippen LogP contribution in [0.25, 0.3) is 76.1 Å². The highest BCUT2D eigenvalue weighted by Gasteiger charge is 2.22. The number of hydrogen-bond donors (Lipinski definition) is 0. The first-order chi connectivity index (χ1) is 31.7. The molecule has 0 aliphatic carbocycles. The quantitative estimate of drug-likeness (QED) is 0.111. The molecule has 0 saturated carbocycles. The number of nitrogens with zero attached hydrogens (tertiary/aromatic N) is 2. The van der Waals surface area contributed by atoms with Gasteiger partial charge in [-0.1, -0.05) is 170 Å². The zero-order valence-corrected chi connectivity index (χ0v) is 35.1. The third-order valence-corrected chi connectivity index (χ3v) is 12.7. The van der Waals surface area contributed by atoms with Crippen LogP contribution < -0.4 is 9.80 Å². The van der Waals surface area contributed by atoms with E-state index in [1.165, 1.54) is 76.1 Å². The Morgan fingerprint density at radius 1 is 0.188 bits per heavy atom. The number of hydrogen-bond acceptors (Lipinski definition) is 2. The van der Waals surface area contributed by atoms with Gasteiger partial charge in [0.15, 0.2) is 0 Å². The van der Waals surface area contributed by atoms with Crippen molar-refractivity contribution in [3.63, 3.8) is 0 Å². The van der Waals surface area contributed by atoms with Gasteiger partial charge in [-0.25, -0.2) is 0 Å². The second-order valence-electron chi connectivity index (χ2n) is 16.5. The molecule has 0 heterocycles. The molecular weight excluding hydrogens is 773 g/mol. The van der Waals surface area contributed by atoms with Crippen LogP contribution in [0.15, 0.2) is 255 Å². The van der Waals surface area contributed by atoms with Gasteiger partial charge in [-0.05, 0) is 161 Å². The molecule has 0 atom stereocenters. The Labute approximate surface area is 373 Å². The second kappa shape index (κ2) is 15.8. The van der Waals surface area contributed by atoms with E-state index in [4.69, 9.17) is 0 Å². The summed E-state index contributed by atoms with van der Waals surface area (Å²) in [5.41, 5.74) is 11.4. The van der Waals surface area contributed by atoms with Crippen LogP contribution >= 0.6 is 0 Å². The van der Waals surface area contributed by atoms with Gasteiger partial charge in [-0.15, -0.1) is 0 Å². The fourth-order valence-corrected chi connectivity index (χ4v) is 9.82. The molecule has 0 radical (unpaired) electrons. The summed E-state index contributed by atoms with van der Waals surface area (Å²) in [6.07, 6.45) is 0. The first kappa shape index (κ1) is 37.3. The smallest absolute Gasteiger partial charge is 0.0468 e. The maximum absolute atomic E-state index is 2.42. The molecule has 0 spiro atoms. The molecule has 64 heavy (non-hydrogen) atoms. The summed E-state index contributed by atoms with van der Waals surface area (Å²) in [6.45, 7) is 0. The second-order valence-corrected chi connectivity index (χ2v) is 16.5. The van der Waals surface area contributed by atoms with Gasteiger partial charge in [0, 0.05) is 34.1 Å². The molecule has 0 amide bonds. The van der Waals surface area contributed by atoms with E-state index >= 15 is 0 Å². The van der Waals surface area contributed by atoms with Crippen LogP contribution in [0, 0.1) is 0 Å². The zero-order chi connectivity index (χ0) is 42.4.